The molecule has 0 saturated heterocycles. The summed E-state index contributed by atoms with van der Waals surface area (Å²) in [4.78, 5) is 21.1. The van der Waals surface area contributed by atoms with Crippen molar-refractivity contribution in [1.82, 2.24) is 9.97 Å². The molecular formula is C16H15ClFN5O3S2. The molecule has 2 heterocycles. The first-order chi connectivity index (χ1) is 13.3. The average molecular weight is 444 g/mol. The molecule has 12 heteroatoms. The van der Waals surface area contributed by atoms with Crippen molar-refractivity contribution in [2.45, 2.75) is 13.3 Å². The number of carbonyl (C=O) groups is 1. The first-order valence-electron chi connectivity index (χ1n) is 8.05. The third-order valence-corrected chi connectivity index (χ3v) is 6.17. The molecule has 0 spiro atoms. The zero-order chi connectivity index (χ0) is 20.3. The van der Waals surface area contributed by atoms with Crippen LogP contribution in [0, 0.1) is 5.82 Å². The summed E-state index contributed by atoms with van der Waals surface area (Å²) < 4.78 is 40.6. The number of aromatic nitrogens is 2. The Hall–Kier alpha value is -2.50. The Morgan fingerprint density at radius 3 is 2.79 bits per heavy atom. The van der Waals surface area contributed by atoms with Gasteiger partial charge in [-0.1, -0.05) is 18.5 Å². The summed E-state index contributed by atoms with van der Waals surface area (Å²) in [6, 6.07) is 3.42. The second kappa shape index (κ2) is 8.25. The predicted octanol–water partition coefficient (Wildman–Crippen LogP) is 4.28. The second-order valence-electron chi connectivity index (χ2n) is 5.65. The summed E-state index contributed by atoms with van der Waals surface area (Å²) in [6.07, 6.45) is 1.67. The second-order valence-corrected chi connectivity index (χ2v) is 8.79. The number of fused-ring (bicyclic) bond motifs is 1. The van der Waals surface area contributed by atoms with Crippen LogP contribution in [0.1, 0.15) is 13.3 Å². The Morgan fingerprint density at radius 1 is 1.25 bits per heavy atom. The van der Waals surface area contributed by atoms with Crippen LogP contribution in [0.25, 0.3) is 10.2 Å². The summed E-state index contributed by atoms with van der Waals surface area (Å²) in [5.41, 5.74) is -0.665. The predicted molar refractivity (Wildman–Crippen MR) is 109 cm³/mol. The van der Waals surface area contributed by atoms with Gasteiger partial charge in [-0.05, 0) is 30.0 Å². The highest BCUT2D eigenvalue weighted by atomic mass is 35.5. The van der Waals surface area contributed by atoms with Crippen molar-refractivity contribution in [3.8, 4) is 0 Å². The first-order valence-corrected chi connectivity index (χ1v) is 11.0. The van der Waals surface area contributed by atoms with Gasteiger partial charge in [-0.3, -0.25) is 10.0 Å². The fourth-order valence-electron chi connectivity index (χ4n) is 2.38. The van der Waals surface area contributed by atoms with Gasteiger partial charge < -0.3 is 5.32 Å². The number of hydrogen-bond donors (Lipinski definition) is 3. The Kier molecular flexibility index (Phi) is 5.96. The SMILES string of the molecule is CCCS(=O)(=O)Nc1ccc(Cl)c(NC(=O)Nc2ncnc3sccc23)c1F. The van der Waals surface area contributed by atoms with E-state index in [1.54, 1.807) is 18.4 Å². The highest BCUT2D eigenvalue weighted by Gasteiger charge is 2.19. The average Bonchev–Trinajstić information content (AvgIpc) is 3.11. The van der Waals surface area contributed by atoms with E-state index in [0.717, 1.165) is 0 Å². The molecule has 0 aliphatic heterocycles. The molecule has 0 atom stereocenters. The van der Waals surface area contributed by atoms with E-state index in [1.165, 1.54) is 29.8 Å². The molecule has 0 aliphatic rings. The fraction of sp³-hybridized carbons (Fsp3) is 0.188. The lowest BCUT2D eigenvalue weighted by Gasteiger charge is -2.14. The number of halogens is 2. The monoisotopic (exact) mass is 443 g/mol. The van der Waals surface area contributed by atoms with Gasteiger partial charge in [-0.2, -0.15) is 0 Å². The fourth-order valence-corrected chi connectivity index (χ4v) is 4.43. The van der Waals surface area contributed by atoms with E-state index in [1.807, 2.05) is 0 Å². The molecule has 3 aromatic rings. The van der Waals surface area contributed by atoms with E-state index >= 15 is 0 Å². The van der Waals surface area contributed by atoms with Gasteiger partial charge >= 0.3 is 6.03 Å². The molecule has 0 unspecified atom stereocenters. The number of rotatable bonds is 6. The van der Waals surface area contributed by atoms with Crippen molar-refractivity contribution in [3.05, 3.63) is 40.7 Å². The Labute approximate surface area is 169 Å². The molecule has 2 aromatic heterocycles. The molecule has 3 rings (SSSR count). The third kappa shape index (κ3) is 4.49. The molecule has 0 radical (unpaired) electrons. The molecular weight excluding hydrogens is 429 g/mol. The van der Waals surface area contributed by atoms with Crippen LogP contribution in [0.15, 0.2) is 29.9 Å². The van der Waals surface area contributed by atoms with Gasteiger partial charge in [0.2, 0.25) is 10.0 Å². The van der Waals surface area contributed by atoms with Crippen molar-refractivity contribution in [3.63, 3.8) is 0 Å². The van der Waals surface area contributed by atoms with Crippen LogP contribution < -0.4 is 15.4 Å². The topological polar surface area (TPSA) is 113 Å². The zero-order valence-electron chi connectivity index (χ0n) is 14.5. The minimum Gasteiger partial charge on any atom is -0.304 e. The van der Waals surface area contributed by atoms with Gasteiger partial charge in [0, 0.05) is 0 Å². The number of urea groups is 1. The summed E-state index contributed by atoms with van der Waals surface area (Å²) in [7, 11) is -3.71. The Morgan fingerprint density at radius 2 is 2.04 bits per heavy atom. The normalized spacial score (nSPS) is 11.4. The Bertz CT molecular complexity index is 1140. The van der Waals surface area contributed by atoms with E-state index < -0.39 is 21.9 Å². The van der Waals surface area contributed by atoms with Gasteiger partial charge in [-0.25, -0.2) is 27.6 Å². The van der Waals surface area contributed by atoms with Gasteiger partial charge in [0.05, 0.1) is 27.5 Å². The molecule has 28 heavy (non-hydrogen) atoms. The summed E-state index contributed by atoms with van der Waals surface area (Å²) in [5.74, 6) is -0.909. The van der Waals surface area contributed by atoms with E-state index in [9.17, 15) is 17.6 Å². The Balaban J connectivity index is 1.82. The van der Waals surface area contributed by atoms with Crippen molar-refractivity contribution >= 4 is 66.4 Å². The van der Waals surface area contributed by atoms with Gasteiger partial charge in [0.15, 0.2) is 5.82 Å². The molecule has 3 N–H and O–H groups in total. The number of nitrogens with zero attached hydrogens (tertiary/aromatic N) is 2. The molecule has 2 amide bonds. The lowest BCUT2D eigenvalue weighted by molar-refractivity contribution is 0.262. The minimum absolute atomic E-state index is 0.0885. The molecule has 0 bridgehead atoms. The van der Waals surface area contributed by atoms with E-state index in [2.05, 4.69) is 25.3 Å². The number of benzene rings is 1. The zero-order valence-corrected chi connectivity index (χ0v) is 16.9. The highest BCUT2D eigenvalue weighted by molar-refractivity contribution is 7.92. The maximum Gasteiger partial charge on any atom is 0.324 e. The molecule has 0 aliphatic carbocycles. The van der Waals surface area contributed by atoms with Crippen LogP contribution in [0.5, 0.6) is 0 Å². The van der Waals surface area contributed by atoms with Crippen LogP contribution in [0.2, 0.25) is 5.02 Å². The van der Waals surface area contributed by atoms with Crippen molar-refractivity contribution in [2.75, 3.05) is 21.1 Å². The smallest absolute Gasteiger partial charge is 0.304 e. The molecule has 1 aromatic carbocycles. The van der Waals surface area contributed by atoms with E-state index in [4.69, 9.17) is 11.6 Å². The van der Waals surface area contributed by atoms with E-state index in [-0.39, 0.29) is 28.0 Å². The number of anilines is 3. The van der Waals surface area contributed by atoms with Crippen LogP contribution >= 0.6 is 22.9 Å². The lowest BCUT2D eigenvalue weighted by atomic mass is 10.2. The standard InChI is InChI=1S/C16H15ClFN5O3S2/c1-2-7-28(25,26)23-11-4-3-10(17)13(12(11)18)21-16(24)22-14-9-5-6-27-15(9)20-8-19-14/h3-6,8,23H,2,7H2,1H3,(H2,19,20,21,22,24). The number of hydrogen-bond acceptors (Lipinski definition) is 6. The maximum atomic E-state index is 14.7. The highest BCUT2D eigenvalue weighted by Crippen LogP contribution is 2.31. The molecule has 148 valence electrons. The molecule has 8 nitrogen and oxygen atoms in total. The van der Waals surface area contributed by atoms with Gasteiger partial charge in [-0.15, -0.1) is 11.3 Å². The summed E-state index contributed by atoms with van der Waals surface area (Å²) in [6.45, 7) is 1.69. The largest absolute Gasteiger partial charge is 0.324 e. The first kappa shape index (κ1) is 20.2. The quantitative estimate of drug-likeness (QED) is 0.526. The van der Waals surface area contributed by atoms with Crippen LogP contribution in [-0.4, -0.2) is 30.2 Å². The van der Waals surface area contributed by atoms with Crippen LogP contribution in [-0.2, 0) is 10.0 Å². The molecule has 0 fully saturated rings. The van der Waals surface area contributed by atoms with Crippen molar-refractivity contribution in [1.29, 1.82) is 0 Å². The van der Waals surface area contributed by atoms with Crippen LogP contribution in [0.4, 0.5) is 26.4 Å². The number of amides is 2. The van der Waals surface area contributed by atoms with Crippen molar-refractivity contribution in [2.24, 2.45) is 0 Å². The number of sulfonamides is 1. The van der Waals surface area contributed by atoms with Crippen LogP contribution in [0.3, 0.4) is 0 Å². The lowest BCUT2D eigenvalue weighted by Crippen LogP contribution is -2.22. The maximum absolute atomic E-state index is 14.7. The van der Waals surface area contributed by atoms with E-state index in [0.29, 0.717) is 16.6 Å². The number of carbonyl (C=O) groups excluding carboxylic acids is 1. The summed E-state index contributed by atoms with van der Waals surface area (Å²) >= 11 is 7.35. The van der Waals surface area contributed by atoms with Gasteiger partial charge in [0.1, 0.15) is 17.0 Å². The minimum atomic E-state index is -3.71. The number of nitrogens with one attached hydrogen (secondary N) is 3. The van der Waals surface area contributed by atoms with Crippen molar-refractivity contribution < 1.29 is 17.6 Å². The molecule has 0 saturated carbocycles. The number of thiophene rings is 1. The van der Waals surface area contributed by atoms with Gasteiger partial charge in [0.25, 0.3) is 0 Å². The summed E-state index contributed by atoms with van der Waals surface area (Å²) in [5, 5.41) is 7.14. The third-order valence-electron chi connectivity index (χ3n) is 3.56.